The Morgan fingerprint density at radius 2 is 1.83 bits per heavy atom. The number of likely N-dealkylation sites (N-methyl/N-ethyl adjacent to an activating group) is 1. The van der Waals surface area contributed by atoms with Gasteiger partial charge in [-0.1, -0.05) is 58.0 Å². The van der Waals surface area contributed by atoms with Gasteiger partial charge in [0.1, 0.15) is 6.04 Å². The Hall–Kier alpha value is -2.83. The Balaban J connectivity index is 1.93. The summed E-state index contributed by atoms with van der Waals surface area (Å²) in [6.07, 6.45) is 0. The third kappa shape index (κ3) is 3.99. The fourth-order valence-electron chi connectivity index (χ4n) is 3.92. The molecule has 1 aromatic carbocycles. The molecule has 2 aliphatic heterocycles. The van der Waals surface area contributed by atoms with Crippen molar-refractivity contribution in [3.63, 3.8) is 0 Å². The third-order valence-corrected chi connectivity index (χ3v) is 5.44. The molecule has 7 heteroatoms. The molecule has 0 spiro atoms. The van der Waals surface area contributed by atoms with Crippen LogP contribution in [-0.4, -0.2) is 53.8 Å². The van der Waals surface area contributed by atoms with E-state index in [1.54, 1.807) is 11.9 Å². The number of benzene rings is 1. The second kappa shape index (κ2) is 8.27. The monoisotopic (exact) mass is 398 g/mol. The molecule has 2 atom stereocenters. The number of carbonyl (C=O) groups excluding carboxylic acids is 3. The topological polar surface area (TPSA) is 81.8 Å². The maximum atomic E-state index is 13.5. The summed E-state index contributed by atoms with van der Waals surface area (Å²) in [6, 6.07) is 8.09. The second-order valence-electron chi connectivity index (χ2n) is 8.47. The van der Waals surface area contributed by atoms with E-state index in [0.717, 1.165) is 5.56 Å². The van der Waals surface area contributed by atoms with Gasteiger partial charge in [-0.15, -0.1) is 0 Å². The Bertz CT molecular complexity index is 832. The van der Waals surface area contributed by atoms with Gasteiger partial charge < -0.3 is 15.5 Å². The number of rotatable bonds is 6. The van der Waals surface area contributed by atoms with Crippen LogP contribution in [0.3, 0.4) is 0 Å². The zero-order valence-electron chi connectivity index (χ0n) is 17.7. The summed E-state index contributed by atoms with van der Waals surface area (Å²) in [5.41, 5.74) is 2.05. The molecule has 2 heterocycles. The Morgan fingerprint density at radius 1 is 1.17 bits per heavy atom. The minimum absolute atomic E-state index is 0.0587. The highest BCUT2D eigenvalue weighted by Crippen LogP contribution is 2.37. The Kier molecular flexibility index (Phi) is 5.96. The molecular formula is C22H30N4O3. The van der Waals surface area contributed by atoms with Gasteiger partial charge in [0.25, 0.3) is 5.91 Å². The Labute approximate surface area is 172 Å². The van der Waals surface area contributed by atoms with Gasteiger partial charge in [-0.3, -0.25) is 14.5 Å². The van der Waals surface area contributed by atoms with E-state index in [0.29, 0.717) is 23.7 Å². The molecular weight excluding hydrogens is 368 g/mol. The van der Waals surface area contributed by atoms with Crippen molar-refractivity contribution in [1.29, 1.82) is 0 Å². The van der Waals surface area contributed by atoms with Gasteiger partial charge in [-0.2, -0.15) is 0 Å². The van der Waals surface area contributed by atoms with E-state index in [2.05, 4.69) is 10.6 Å². The van der Waals surface area contributed by atoms with Crippen molar-refractivity contribution in [3.8, 4) is 0 Å². The van der Waals surface area contributed by atoms with Crippen molar-refractivity contribution in [2.75, 3.05) is 20.1 Å². The van der Waals surface area contributed by atoms with Crippen LogP contribution in [0.4, 0.5) is 4.79 Å². The van der Waals surface area contributed by atoms with Crippen LogP contribution in [-0.2, 0) is 9.59 Å². The molecule has 2 N–H and O–H groups in total. The van der Waals surface area contributed by atoms with E-state index in [9.17, 15) is 14.4 Å². The minimum atomic E-state index is -0.591. The van der Waals surface area contributed by atoms with Crippen LogP contribution in [0, 0.1) is 11.8 Å². The summed E-state index contributed by atoms with van der Waals surface area (Å²) < 4.78 is 0. The molecule has 0 aliphatic carbocycles. The molecule has 0 saturated heterocycles. The molecule has 29 heavy (non-hydrogen) atoms. The molecule has 3 rings (SSSR count). The van der Waals surface area contributed by atoms with Crippen LogP contribution in [0.2, 0.25) is 0 Å². The highest BCUT2D eigenvalue weighted by atomic mass is 16.2. The molecule has 0 bridgehead atoms. The molecule has 2 aliphatic rings. The lowest BCUT2D eigenvalue weighted by Crippen LogP contribution is -2.52. The van der Waals surface area contributed by atoms with Gasteiger partial charge in [-0.25, -0.2) is 4.79 Å². The molecule has 0 fully saturated rings. The molecule has 7 nitrogen and oxygen atoms in total. The standard InChI is InChI=1S/C22H30N4O3/c1-13(2)11-23-20(27)19(14(3)4)26-12-16-17(21(26)28)18(24-22(29)25(16)5)15-9-7-6-8-10-15/h6-10,13-14,18-19H,11-12H2,1-5H3,(H,23,27)(H,24,29)/t18-,19-/m0/s1. The average molecular weight is 399 g/mol. The van der Waals surface area contributed by atoms with Gasteiger partial charge >= 0.3 is 6.03 Å². The lowest BCUT2D eigenvalue weighted by Gasteiger charge is -2.31. The van der Waals surface area contributed by atoms with Crippen molar-refractivity contribution in [3.05, 3.63) is 47.2 Å². The van der Waals surface area contributed by atoms with E-state index in [1.165, 1.54) is 4.90 Å². The van der Waals surface area contributed by atoms with E-state index in [-0.39, 0.29) is 30.3 Å². The summed E-state index contributed by atoms with van der Waals surface area (Å²) in [4.78, 5) is 42.0. The lowest BCUT2D eigenvalue weighted by atomic mass is 9.95. The van der Waals surface area contributed by atoms with Gasteiger partial charge in [0.15, 0.2) is 0 Å². The Morgan fingerprint density at radius 3 is 2.41 bits per heavy atom. The summed E-state index contributed by atoms with van der Waals surface area (Å²) in [6.45, 7) is 8.74. The van der Waals surface area contributed by atoms with Gasteiger partial charge in [0, 0.05) is 13.6 Å². The van der Waals surface area contributed by atoms with Crippen LogP contribution in [0.5, 0.6) is 0 Å². The smallest absolute Gasteiger partial charge is 0.322 e. The van der Waals surface area contributed by atoms with Crippen molar-refractivity contribution in [1.82, 2.24) is 20.4 Å². The van der Waals surface area contributed by atoms with E-state index >= 15 is 0 Å². The van der Waals surface area contributed by atoms with Gasteiger partial charge in [0.05, 0.1) is 23.9 Å². The number of nitrogens with zero attached hydrogens (tertiary/aromatic N) is 2. The average Bonchev–Trinajstić information content (AvgIpc) is 3.01. The number of amides is 4. The zero-order chi connectivity index (χ0) is 21.3. The molecule has 4 amide bonds. The van der Waals surface area contributed by atoms with Crippen molar-refractivity contribution in [2.24, 2.45) is 11.8 Å². The first-order chi connectivity index (χ1) is 13.7. The number of carbonyl (C=O) groups is 3. The summed E-state index contributed by atoms with van der Waals surface area (Å²) in [5.74, 6) is -0.0846. The minimum Gasteiger partial charge on any atom is -0.354 e. The first kappa shape index (κ1) is 20.9. The number of urea groups is 1. The summed E-state index contributed by atoms with van der Waals surface area (Å²) >= 11 is 0. The largest absolute Gasteiger partial charge is 0.354 e. The second-order valence-corrected chi connectivity index (χ2v) is 8.47. The van der Waals surface area contributed by atoms with Crippen molar-refractivity contribution < 1.29 is 14.4 Å². The fraction of sp³-hybridized carbons (Fsp3) is 0.500. The first-order valence-corrected chi connectivity index (χ1v) is 10.1. The quantitative estimate of drug-likeness (QED) is 0.771. The molecule has 0 aromatic heterocycles. The zero-order valence-corrected chi connectivity index (χ0v) is 17.7. The fourth-order valence-corrected chi connectivity index (χ4v) is 3.92. The molecule has 0 saturated carbocycles. The number of hydrogen-bond donors (Lipinski definition) is 2. The highest BCUT2D eigenvalue weighted by Gasteiger charge is 2.46. The third-order valence-electron chi connectivity index (χ3n) is 5.44. The van der Waals surface area contributed by atoms with E-state index < -0.39 is 12.1 Å². The highest BCUT2D eigenvalue weighted by molar-refractivity contribution is 6.03. The number of hydrogen-bond acceptors (Lipinski definition) is 3. The van der Waals surface area contributed by atoms with Gasteiger partial charge in [0.2, 0.25) is 5.91 Å². The van der Waals surface area contributed by atoms with Crippen molar-refractivity contribution in [2.45, 2.75) is 39.8 Å². The van der Waals surface area contributed by atoms with Crippen LogP contribution >= 0.6 is 0 Å². The molecule has 0 radical (unpaired) electrons. The first-order valence-electron chi connectivity index (χ1n) is 10.1. The molecule has 1 aromatic rings. The van der Waals surface area contributed by atoms with E-state index in [4.69, 9.17) is 0 Å². The predicted octanol–water partition coefficient (Wildman–Crippen LogP) is 2.28. The maximum Gasteiger partial charge on any atom is 0.322 e. The molecule has 0 unspecified atom stereocenters. The lowest BCUT2D eigenvalue weighted by molar-refractivity contribution is -0.138. The van der Waals surface area contributed by atoms with E-state index in [1.807, 2.05) is 58.0 Å². The normalized spacial score (nSPS) is 20.3. The number of nitrogens with one attached hydrogen (secondary N) is 2. The van der Waals surface area contributed by atoms with Crippen LogP contribution in [0.1, 0.15) is 39.3 Å². The predicted molar refractivity (Wildman–Crippen MR) is 111 cm³/mol. The summed E-state index contributed by atoms with van der Waals surface area (Å²) in [7, 11) is 1.66. The van der Waals surface area contributed by atoms with Crippen LogP contribution in [0.15, 0.2) is 41.6 Å². The maximum absolute atomic E-state index is 13.5. The van der Waals surface area contributed by atoms with Crippen molar-refractivity contribution >= 4 is 17.8 Å². The summed E-state index contributed by atoms with van der Waals surface area (Å²) in [5, 5.41) is 5.88. The van der Waals surface area contributed by atoms with Crippen LogP contribution < -0.4 is 10.6 Å². The SMILES string of the molecule is CC(C)CNC(=O)[C@H](C(C)C)N1CC2=C(C1=O)[C@H](c1ccccc1)NC(=O)N2C. The van der Waals surface area contributed by atoms with Crippen LogP contribution in [0.25, 0.3) is 0 Å². The molecule has 156 valence electrons. The van der Waals surface area contributed by atoms with Gasteiger partial charge in [-0.05, 0) is 17.4 Å².